The molecule has 1 fully saturated rings. The summed E-state index contributed by atoms with van der Waals surface area (Å²) in [6.45, 7) is 1.21. The van der Waals surface area contributed by atoms with E-state index in [1.165, 1.54) is 12.1 Å². The van der Waals surface area contributed by atoms with E-state index in [4.69, 9.17) is 0 Å². The van der Waals surface area contributed by atoms with Crippen molar-refractivity contribution in [3.8, 4) is 0 Å². The molecule has 0 radical (unpaired) electrons. The van der Waals surface area contributed by atoms with E-state index in [0.29, 0.717) is 32.0 Å². The van der Waals surface area contributed by atoms with Gasteiger partial charge in [-0.25, -0.2) is 0 Å². The van der Waals surface area contributed by atoms with E-state index < -0.39 is 24.5 Å². The highest BCUT2D eigenvalue weighted by Crippen LogP contribution is 2.29. The number of likely N-dealkylation sites (tertiary alicyclic amines) is 1. The van der Waals surface area contributed by atoms with Crippen molar-refractivity contribution in [3.63, 3.8) is 0 Å². The Bertz CT molecular complexity index is 675. The molecule has 0 bridgehead atoms. The molecule has 2 N–H and O–H groups in total. The van der Waals surface area contributed by atoms with Crippen molar-refractivity contribution in [2.24, 2.45) is 4.99 Å². The topological polar surface area (TPSA) is 48.9 Å². The van der Waals surface area contributed by atoms with E-state index in [1.54, 1.807) is 7.05 Å². The predicted octanol–water partition coefficient (Wildman–Crippen LogP) is 3.41. The second-order valence-electron chi connectivity index (χ2n) is 7.08. The number of alkyl halides is 6. The Kier molecular flexibility index (Phi) is 8.78. The van der Waals surface area contributed by atoms with Crippen molar-refractivity contribution in [1.82, 2.24) is 15.5 Å². The molecule has 5 nitrogen and oxygen atoms in total. The van der Waals surface area contributed by atoms with Gasteiger partial charge in [0.15, 0.2) is 5.96 Å². The summed E-state index contributed by atoms with van der Waals surface area (Å²) in [5.74, 6) is 0.548. The molecule has 1 heterocycles. The fraction of sp³-hybridized carbons (Fsp3) is 0.632. The van der Waals surface area contributed by atoms with Gasteiger partial charge >= 0.3 is 12.4 Å². The molecule has 0 saturated carbocycles. The molecule has 1 saturated heterocycles. The summed E-state index contributed by atoms with van der Waals surface area (Å²) in [4.78, 5) is 6.24. The van der Waals surface area contributed by atoms with Crippen molar-refractivity contribution < 1.29 is 31.1 Å². The first-order valence-electron chi connectivity index (χ1n) is 9.57. The zero-order valence-corrected chi connectivity index (χ0v) is 16.6. The second-order valence-corrected chi connectivity index (χ2v) is 7.08. The molecule has 0 amide bonds. The molecular weight excluding hydrogens is 414 g/mol. The Balaban J connectivity index is 1.68. The van der Waals surface area contributed by atoms with Gasteiger partial charge in [0.25, 0.3) is 0 Å². The van der Waals surface area contributed by atoms with Crippen LogP contribution in [-0.2, 0) is 17.5 Å². The lowest BCUT2D eigenvalue weighted by molar-refractivity contribution is -0.173. The van der Waals surface area contributed by atoms with Crippen LogP contribution in [0.15, 0.2) is 29.3 Å². The highest BCUT2D eigenvalue weighted by molar-refractivity contribution is 5.79. The Labute approximate surface area is 171 Å². The highest BCUT2D eigenvalue weighted by Gasteiger charge is 2.30. The van der Waals surface area contributed by atoms with Gasteiger partial charge in [-0.05, 0) is 30.5 Å². The van der Waals surface area contributed by atoms with Crippen LogP contribution in [0.4, 0.5) is 26.3 Å². The number of hydrogen-bond acceptors (Lipinski definition) is 3. The van der Waals surface area contributed by atoms with Crippen LogP contribution < -0.4 is 10.6 Å². The normalized spacial score (nSPS) is 18.6. The minimum Gasteiger partial charge on any atom is -0.372 e. The van der Waals surface area contributed by atoms with Crippen LogP contribution in [0, 0.1) is 0 Å². The van der Waals surface area contributed by atoms with Gasteiger partial charge in [0, 0.05) is 45.9 Å². The van der Waals surface area contributed by atoms with Gasteiger partial charge in [-0.3, -0.25) is 9.89 Å². The Morgan fingerprint density at radius 3 is 2.47 bits per heavy atom. The summed E-state index contributed by atoms with van der Waals surface area (Å²) in [7, 11) is 1.60. The van der Waals surface area contributed by atoms with Gasteiger partial charge in [0.2, 0.25) is 0 Å². The van der Waals surface area contributed by atoms with Crippen molar-refractivity contribution in [3.05, 3.63) is 35.4 Å². The number of benzene rings is 1. The Morgan fingerprint density at radius 1 is 1.17 bits per heavy atom. The molecule has 1 aliphatic heterocycles. The minimum absolute atomic E-state index is 0.00611. The monoisotopic (exact) mass is 440 g/mol. The van der Waals surface area contributed by atoms with Gasteiger partial charge in [0.1, 0.15) is 6.61 Å². The summed E-state index contributed by atoms with van der Waals surface area (Å²) < 4.78 is 78.4. The molecule has 1 atom stereocenters. The summed E-state index contributed by atoms with van der Waals surface area (Å²) in [6.07, 6.45) is -7.41. The third-order valence-electron chi connectivity index (χ3n) is 4.55. The number of halogens is 6. The molecular formula is C19H26F6N4O. The van der Waals surface area contributed by atoms with E-state index in [0.717, 1.165) is 30.7 Å². The number of ether oxygens (including phenoxy) is 1. The van der Waals surface area contributed by atoms with Gasteiger partial charge in [-0.1, -0.05) is 12.1 Å². The molecule has 1 aliphatic rings. The molecule has 2 rings (SSSR count). The molecule has 1 aromatic rings. The predicted molar refractivity (Wildman–Crippen MR) is 101 cm³/mol. The van der Waals surface area contributed by atoms with E-state index in [1.807, 2.05) is 0 Å². The molecule has 1 unspecified atom stereocenters. The van der Waals surface area contributed by atoms with Crippen LogP contribution in [0.3, 0.4) is 0 Å². The summed E-state index contributed by atoms with van der Waals surface area (Å²) in [5, 5.41) is 6.28. The third kappa shape index (κ3) is 8.78. The standard InChI is InChI=1S/C19H26F6N4O/c1-26-17(27-8-2-10-30-13-18(20,21)22)28-16-7-9-29(12-16)11-14-3-5-15(6-4-14)19(23,24)25/h3-6,16H,2,7-13H2,1H3,(H2,26,27,28). The van der Waals surface area contributed by atoms with Gasteiger partial charge < -0.3 is 15.4 Å². The third-order valence-corrected chi connectivity index (χ3v) is 4.55. The van der Waals surface area contributed by atoms with Crippen molar-refractivity contribution in [2.45, 2.75) is 37.8 Å². The first kappa shape index (κ1) is 24.3. The summed E-state index contributed by atoms with van der Waals surface area (Å²) >= 11 is 0. The van der Waals surface area contributed by atoms with E-state index in [2.05, 4.69) is 25.3 Å². The number of nitrogens with one attached hydrogen (secondary N) is 2. The molecule has 1 aromatic carbocycles. The minimum atomic E-state index is -4.34. The van der Waals surface area contributed by atoms with Gasteiger partial charge in [-0.2, -0.15) is 26.3 Å². The smallest absolute Gasteiger partial charge is 0.372 e. The fourth-order valence-electron chi connectivity index (χ4n) is 3.11. The fourth-order valence-corrected chi connectivity index (χ4v) is 3.11. The molecule has 0 aromatic heterocycles. The number of aliphatic imine (C=N–C) groups is 1. The van der Waals surface area contributed by atoms with Gasteiger partial charge in [-0.15, -0.1) is 0 Å². The van der Waals surface area contributed by atoms with Crippen LogP contribution in [0.5, 0.6) is 0 Å². The zero-order chi connectivity index (χ0) is 22.2. The summed E-state index contributed by atoms with van der Waals surface area (Å²) in [5.41, 5.74) is 0.149. The summed E-state index contributed by atoms with van der Waals surface area (Å²) in [6, 6.07) is 5.28. The first-order chi connectivity index (χ1) is 14.1. The number of rotatable bonds is 8. The lowest BCUT2D eigenvalue weighted by Gasteiger charge is -2.19. The Hall–Kier alpha value is -2.01. The lowest BCUT2D eigenvalue weighted by Crippen LogP contribution is -2.45. The van der Waals surface area contributed by atoms with Crippen LogP contribution in [-0.4, -0.2) is 63.0 Å². The maximum Gasteiger partial charge on any atom is 0.416 e. The van der Waals surface area contributed by atoms with Gasteiger partial charge in [0.05, 0.1) is 5.56 Å². The van der Waals surface area contributed by atoms with Crippen molar-refractivity contribution in [2.75, 3.05) is 39.9 Å². The van der Waals surface area contributed by atoms with Crippen LogP contribution >= 0.6 is 0 Å². The molecule has 0 aliphatic carbocycles. The molecule has 0 spiro atoms. The van der Waals surface area contributed by atoms with E-state index in [-0.39, 0.29) is 12.6 Å². The van der Waals surface area contributed by atoms with Crippen LogP contribution in [0.25, 0.3) is 0 Å². The Morgan fingerprint density at radius 2 is 1.87 bits per heavy atom. The van der Waals surface area contributed by atoms with E-state index in [9.17, 15) is 26.3 Å². The largest absolute Gasteiger partial charge is 0.416 e. The van der Waals surface area contributed by atoms with Crippen molar-refractivity contribution in [1.29, 1.82) is 0 Å². The first-order valence-corrected chi connectivity index (χ1v) is 9.57. The maximum atomic E-state index is 12.6. The highest BCUT2D eigenvalue weighted by atomic mass is 19.4. The van der Waals surface area contributed by atoms with Crippen LogP contribution in [0.2, 0.25) is 0 Å². The number of nitrogens with zero attached hydrogens (tertiary/aromatic N) is 2. The average molecular weight is 440 g/mol. The van der Waals surface area contributed by atoms with Crippen molar-refractivity contribution >= 4 is 5.96 Å². The zero-order valence-electron chi connectivity index (χ0n) is 16.6. The molecule has 170 valence electrons. The quantitative estimate of drug-likeness (QED) is 0.282. The van der Waals surface area contributed by atoms with Crippen LogP contribution in [0.1, 0.15) is 24.0 Å². The molecule has 11 heteroatoms. The second kappa shape index (κ2) is 10.9. The van der Waals surface area contributed by atoms with E-state index >= 15 is 0 Å². The number of guanidine groups is 1. The SMILES string of the molecule is CN=C(NCCCOCC(F)(F)F)NC1CCN(Cc2ccc(C(F)(F)F)cc2)C1. The lowest BCUT2D eigenvalue weighted by atomic mass is 10.1. The average Bonchev–Trinajstić information content (AvgIpc) is 3.09. The number of hydrogen-bond donors (Lipinski definition) is 2. The molecule has 30 heavy (non-hydrogen) atoms. The maximum absolute atomic E-state index is 12.6.